The Morgan fingerprint density at radius 1 is 1.12 bits per heavy atom. The van der Waals surface area contributed by atoms with Crippen molar-refractivity contribution in [1.29, 1.82) is 0 Å². The van der Waals surface area contributed by atoms with Gasteiger partial charge >= 0.3 is 5.97 Å². The summed E-state index contributed by atoms with van der Waals surface area (Å²) in [6.45, 7) is 2.58. The zero-order valence-electron chi connectivity index (χ0n) is 14.6. The SMILES string of the molecule is CCCOc1ccc(C(CC(=O)O)NS(=O)(=O)Cc2ccccc2)cc1. The van der Waals surface area contributed by atoms with Crippen molar-refractivity contribution in [1.82, 2.24) is 4.72 Å². The Hall–Kier alpha value is -2.38. The molecular weight excluding hydrogens is 354 g/mol. The van der Waals surface area contributed by atoms with E-state index in [0.29, 0.717) is 23.5 Å². The Bertz CT molecular complexity index is 804. The van der Waals surface area contributed by atoms with E-state index in [9.17, 15) is 13.2 Å². The van der Waals surface area contributed by atoms with Crippen molar-refractivity contribution in [3.63, 3.8) is 0 Å². The molecule has 7 heteroatoms. The van der Waals surface area contributed by atoms with Gasteiger partial charge in [0.15, 0.2) is 0 Å². The topological polar surface area (TPSA) is 92.7 Å². The third-order valence-electron chi connectivity index (χ3n) is 3.66. The fraction of sp³-hybridized carbons (Fsp3) is 0.316. The number of rotatable bonds is 10. The first-order valence-electron chi connectivity index (χ1n) is 8.38. The third-order valence-corrected chi connectivity index (χ3v) is 5.01. The van der Waals surface area contributed by atoms with E-state index >= 15 is 0 Å². The standard InChI is InChI=1S/C19H23NO5S/c1-2-12-25-17-10-8-16(9-11-17)18(13-19(21)22)20-26(23,24)14-15-6-4-3-5-7-15/h3-11,18,20H,2,12-14H2,1H3,(H,21,22). The van der Waals surface area contributed by atoms with E-state index in [2.05, 4.69) is 4.72 Å². The highest BCUT2D eigenvalue weighted by Gasteiger charge is 2.22. The lowest BCUT2D eigenvalue weighted by Gasteiger charge is -2.18. The predicted octanol–water partition coefficient (Wildman–Crippen LogP) is 3.11. The Balaban J connectivity index is 2.14. The van der Waals surface area contributed by atoms with Crippen molar-refractivity contribution in [2.24, 2.45) is 0 Å². The second kappa shape index (κ2) is 9.35. The van der Waals surface area contributed by atoms with Gasteiger partial charge in [-0.3, -0.25) is 4.79 Å². The molecule has 0 aromatic heterocycles. The van der Waals surface area contributed by atoms with Gasteiger partial charge in [-0.05, 0) is 29.7 Å². The van der Waals surface area contributed by atoms with Gasteiger partial charge in [0, 0.05) is 0 Å². The average molecular weight is 377 g/mol. The Morgan fingerprint density at radius 3 is 2.35 bits per heavy atom. The number of carboxylic acid groups (broad SMARTS) is 1. The number of hydrogen-bond donors (Lipinski definition) is 2. The summed E-state index contributed by atoms with van der Waals surface area (Å²) < 4.78 is 32.9. The van der Waals surface area contributed by atoms with E-state index in [1.165, 1.54) is 0 Å². The molecule has 0 aliphatic heterocycles. The molecular formula is C19H23NO5S. The van der Waals surface area contributed by atoms with Crippen LogP contribution in [0.1, 0.15) is 36.9 Å². The molecule has 0 bridgehead atoms. The highest BCUT2D eigenvalue weighted by molar-refractivity contribution is 7.88. The van der Waals surface area contributed by atoms with Crippen molar-refractivity contribution >= 4 is 16.0 Å². The minimum atomic E-state index is -3.70. The predicted molar refractivity (Wildman–Crippen MR) is 99.4 cm³/mol. The molecule has 0 saturated carbocycles. The summed E-state index contributed by atoms with van der Waals surface area (Å²) in [7, 11) is -3.70. The van der Waals surface area contributed by atoms with Gasteiger partial charge in [-0.15, -0.1) is 0 Å². The van der Waals surface area contributed by atoms with Crippen LogP contribution in [0.2, 0.25) is 0 Å². The molecule has 0 aliphatic rings. The van der Waals surface area contributed by atoms with E-state index in [1.807, 2.05) is 6.92 Å². The molecule has 1 atom stereocenters. The third kappa shape index (κ3) is 6.50. The fourth-order valence-electron chi connectivity index (χ4n) is 2.47. The molecule has 0 saturated heterocycles. The van der Waals surface area contributed by atoms with Crippen LogP contribution in [-0.4, -0.2) is 26.1 Å². The zero-order valence-corrected chi connectivity index (χ0v) is 15.4. The summed E-state index contributed by atoms with van der Waals surface area (Å²) in [6.07, 6.45) is 0.534. The number of sulfonamides is 1. The van der Waals surface area contributed by atoms with Crippen molar-refractivity contribution in [2.75, 3.05) is 6.61 Å². The number of carboxylic acids is 1. The van der Waals surface area contributed by atoms with E-state index in [0.717, 1.165) is 6.42 Å². The van der Waals surface area contributed by atoms with Gasteiger partial charge in [-0.2, -0.15) is 0 Å². The minimum Gasteiger partial charge on any atom is -0.494 e. The first kappa shape index (κ1) is 19.9. The molecule has 0 aliphatic carbocycles. The highest BCUT2D eigenvalue weighted by atomic mass is 32.2. The average Bonchev–Trinajstić information content (AvgIpc) is 2.59. The van der Waals surface area contributed by atoms with E-state index < -0.39 is 22.0 Å². The van der Waals surface area contributed by atoms with Crippen LogP contribution in [0, 0.1) is 0 Å². The summed E-state index contributed by atoms with van der Waals surface area (Å²) in [4.78, 5) is 11.2. The lowest BCUT2D eigenvalue weighted by Crippen LogP contribution is -2.31. The molecule has 2 aromatic rings. The monoisotopic (exact) mass is 377 g/mol. The van der Waals surface area contributed by atoms with Crippen LogP contribution in [0.5, 0.6) is 5.75 Å². The lowest BCUT2D eigenvalue weighted by atomic mass is 10.0. The summed E-state index contributed by atoms with van der Waals surface area (Å²) >= 11 is 0. The van der Waals surface area contributed by atoms with Crippen molar-refractivity contribution in [3.05, 3.63) is 65.7 Å². The normalized spacial score (nSPS) is 12.5. The van der Waals surface area contributed by atoms with Gasteiger partial charge in [0.2, 0.25) is 10.0 Å². The zero-order chi connectivity index (χ0) is 19.0. The molecule has 2 N–H and O–H groups in total. The van der Waals surface area contributed by atoms with Gasteiger partial charge in [-0.1, -0.05) is 49.4 Å². The summed E-state index contributed by atoms with van der Waals surface area (Å²) in [5, 5.41) is 9.14. The summed E-state index contributed by atoms with van der Waals surface area (Å²) in [6, 6.07) is 14.7. The van der Waals surface area contributed by atoms with Crippen LogP contribution < -0.4 is 9.46 Å². The van der Waals surface area contributed by atoms with Gasteiger partial charge in [0.05, 0.1) is 24.8 Å². The Labute approximate surface area is 153 Å². The van der Waals surface area contributed by atoms with E-state index in [1.54, 1.807) is 54.6 Å². The molecule has 0 radical (unpaired) electrons. The molecule has 140 valence electrons. The van der Waals surface area contributed by atoms with Crippen molar-refractivity contribution in [2.45, 2.75) is 31.6 Å². The second-order valence-corrected chi connectivity index (χ2v) is 7.68. The van der Waals surface area contributed by atoms with Crippen LogP contribution in [0.4, 0.5) is 0 Å². The Kier molecular flexibility index (Phi) is 7.17. The Morgan fingerprint density at radius 2 is 1.77 bits per heavy atom. The molecule has 0 amide bonds. The van der Waals surface area contributed by atoms with Crippen LogP contribution in [-0.2, 0) is 20.6 Å². The quantitative estimate of drug-likeness (QED) is 0.664. The van der Waals surface area contributed by atoms with Gasteiger partial charge < -0.3 is 9.84 Å². The number of aliphatic carboxylic acids is 1. The fourth-order valence-corrected chi connectivity index (χ4v) is 3.84. The maximum atomic E-state index is 12.4. The number of hydrogen-bond acceptors (Lipinski definition) is 4. The first-order valence-corrected chi connectivity index (χ1v) is 10.0. The molecule has 0 spiro atoms. The van der Waals surface area contributed by atoms with Crippen LogP contribution in [0.3, 0.4) is 0 Å². The van der Waals surface area contributed by atoms with Gasteiger partial charge in [0.1, 0.15) is 5.75 Å². The largest absolute Gasteiger partial charge is 0.494 e. The number of carbonyl (C=O) groups is 1. The summed E-state index contributed by atoms with van der Waals surface area (Å²) in [5.74, 6) is -0.623. The number of benzene rings is 2. The lowest BCUT2D eigenvalue weighted by molar-refractivity contribution is -0.137. The van der Waals surface area contributed by atoms with Gasteiger partial charge in [-0.25, -0.2) is 13.1 Å². The molecule has 0 heterocycles. The van der Waals surface area contributed by atoms with Crippen LogP contribution in [0.25, 0.3) is 0 Å². The molecule has 1 unspecified atom stereocenters. The smallest absolute Gasteiger partial charge is 0.305 e. The van der Waals surface area contributed by atoms with Crippen LogP contribution in [0.15, 0.2) is 54.6 Å². The molecule has 0 fully saturated rings. The van der Waals surface area contributed by atoms with E-state index in [4.69, 9.17) is 9.84 Å². The van der Waals surface area contributed by atoms with E-state index in [-0.39, 0.29) is 12.2 Å². The molecule has 26 heavy (non-hydrogen) atoms. The maximum absolute atomic E-state index is 12.4. The molecule has 2 rings (SSSR count). The number of nitrogens with one attached hydrogen (secondary N) is 1. The van der Waals surface area contributed by atoms with Crippen LogP contribution >= 0.6 is 0 Å². The van der Waals surface area contributed by atoms with Crippen molar-refractivity contribution < 1.29 is 23.1 Å². The summed E-state index contributed by atoms with van der Waals surface area (Å²) in [5.41, 5.74) is 1.21. The minimum absolute atomic E-state index is 0.207. The second-order valence-electron chi connectivity index (χ2n) is 5.93. The molecule has 2 aromatic carbocycles. The highest BCUT2D eigenvalue weighted by Crippen LogP contribution is 2.22. The van der Waals surface area contributed by atoms with Crippen molar-refractivity contribution in [3.8, 4) is 5.75 Å². The number of ether oxygens (including phenoxy) is 1. The first-order chi connectivity index (χ1) is 12.4. The molecule has 6 nitrogen and oxygen atoms in total. The maximum Gasteiger partial charge on any atom is 0.305 e. The van der Waals surface area contributed by atoms with Gasteiger partial charge in [0.25, 0.3) is 0 Å².